The number of nitrogens with two attached hydrogens (primary N) is 1. The van der Waals surface area contributed by atoms with Gasteiger partial charge >= 0.3 is 0 Å². The van der Waals surface area contributed by atoms with Gasteiger partial charge in [-0.3, -0.25) is 0 Å². The summed E-state index contributed by atoms with van der Waals surface area (Å²) in [4.78, 5) is 0. The van der Waals surface area contributed by atoms with E-state index in [2.05, 4.69) is 10.7 Å². The van der Waals surface area contributed by atoms with Gasteiger partial charge in [-0.05, 0) is 12.2 Å². The molecule has 12 heavy (non-hydrogen) atoms. The van der Waals surface area contributed by atoms with Gasteiger partial charge < -0.3 is 10.7 Å². The number of rotatable bonds is 1. The Morgan fingerprint density at radius 2 is 2.42 bits per heavy atom. The maximum Gasteiger partial charge on any atom is 0.216 e. The highest BCUT2D eigenvalue weighted by molar-refractivity contribution is 7.98. The van der Waals surface area contributed by atoms with Crippen LogP contribution in [0.4, 0.5) is 0 Å². The molecule has 0 aromatic heterocycles. The van der Waals surface area contributed by atoms with E-state index in [0.717, 1.165) is 0 Å². The smallest absolute Gasteiger partial charge is 0.216 e. The molecule has 1 fully saturated rings. The number of nitrogens with one attached hydrogen (secondary N) is 2. The van der Waals surface area contributed by atoms with Crippen molar-refractivity contribution in [1.29, 1.82) is 0 Å². The van der Waals surface area contributed by atoms with Gasteiger partial charge in [-0.1, -0.05) is 4.21 Å². The molecule has 5 N–H and O–H groups in total. The molecule has 0 spiro atoms. The first-order valence-corrected chi connectivity index (χ1v) is 5.79. The number of hydrogen-bond donors (Lipinski definition) is 4. The van der Waals surface area contributed by atoms with Gasteiger partial charge in [0.15, 0.2) is 10.9 Å². The van der Waals surface area contributed by atoms with E-state index in [9.17, 15) is 4.21 Å². The minimum Gasteiger partial charge on any atom is -0.354 e. The summed E-state index contributed by atoms with van der Waals surface area (Å²) in [6.45, 7) is 0. The average Bonchev–Trinajstić information content (AvgIpc) is 2.30. The van der Waals surface area contributed by atoms with E-state index in [4.69, 9.17) is 22.6 Å². The van der Waals surface area contributed by atoms with Crippen molar-refractivity contribution in [3.05, 3.63) is 0 Å². The van der Waals surface area contributed by atoms with E-state index in [1.54, 1.807) is 0 Å². The van der Waals surface area contributed by atoms with Crippen LogP contribution in [0, 0.1) is 0 Å². The van der Waals surface area contributed by atoms with Crippen LogP contribution in [0.3, 0.4) is 0 Å². The Bertz CT molecular complexity index is 233. The van der Waals surface area contributed by atoms with Gasteiger partial charge in [0.05, 0.1) is 6.04 Å². The zero-order chi connectivity index (χ0) is 9.19. The van der Waals surface area contributed by atoms with Crippen molar-refractivity contribution in [2.45, 2.75) is 12.5 Å². The van der Waals surface area contributed by atoms with Crippen LogP contribution in [-0.4, -0.2) is 27.2 Å². The van der Waals surface area contributed by atoms with Crippen molar-refractivity contribution in [1.82, 2.24) is 10.7 Å². The Kier molecular flexibility index (Phi) is 2.99. The molecule has 2 atom stereocenters. The molecule has 5 nitrogen and oxygen atoms in total. The summed E-state index contributed by atoms with van der Waals surface area (Å²) in [6.07, 6.45) is 0.664. The van der Waals surface area contributed by atoms with Crippen LogP contribution in [0.15, 0.2) is 0 Å². The average molecular weight is 210 g/mol. The standard InChI is InChI=1S/C5H11N3O2S2/c6-8-5(11)7-4-1-2-12(9,10)3-4/h4H,1-3,6H2,(H2-,7,8,9,10,11)/p+1/t4-/m0/s1. The molecule has 0 saturated carbocycles. The third-order valence-corrected chi connectivity index (χ3v) is 3.75. The maximum atomic E-state index is 11.1. The van der Waals surface area contributed by atoms with Crippen LogP contribution in [0.25, 0.3) is 0 Å². The Morgan fingerprint density at radius 3 is 2.83 bits per heavy atom. The van der Waals surface area contributed by atoms with Crippen molar-refractivity contribution in [3.63, 3.8) is 0 Å². The molecule has 1 heterocycles. The number of hydrogen-bond acceptors (Lipinski definition) is 3. The van der Waals surface area contributed by atoms with E-state index in [1.165, 1.54) is 0 Å². The van der Waals surface area contributed by atoms with Crippen LogP contribution < -0.4 is 16.6 Å². The molecule has 1 unspecified atom stereocenters. The molecule has 1 saturated heterocycles. The van der Waals surface area contributed by atoms with Gasteiger partial charge in [-0.15, -0.1) is 0 Å². The second kappa shape index (κ2) is 3.65. The lowest BCUT2D eigenvalue weighted by Gasteiger charge is -2.09. The molecule has 70 valence electrons. The Balaban J connectivity index is 2.38. The largest absolute Gasteiger partial charge is 0.354 e. The summed E-state index contributed by atoms with van der Waals surface area (Å²) in [5.41, 5.74) is 2.27. The first-order chi connectivity index (χ1) is 5.53. The van der Waals surface area contributed by atoms with Gasteiger partial charge in [0.25, 0.3) is 0 Å². The molecule has 0 aliphatic carbocycles. The van der Waals surface area contributed by atoms with Crippen molar-refractivity contribution in [3.8, 4) is 0 Å². The van der Waals surface area contributed by atoms with Gasteiger partial charge in [0.1, 0.15) is 5.75 Å². The highest BCUT2D eigenvalue weighted by Gasteiger charge is 2.38. The highest BCUT2D eigenvalue weighted by atomic mass is 32.3. The SMILES string of the molecule is NNC(=S)N[C@H]1CC[S+](=O)(O)C1. The van der Waals surface area contributed by atoms with E-state index in [0.29, 0.717) is 17.3 Å². The summed E-state index contributed by atoms with van der Waals surface area (Å²) in [7, 11) is -2.59. The number of hydrazine groups is 1. The Hall–Kier alpha value is -0.240. The van der Waals surface area contributed by atoms with Crippen LogP contribution in [0.1, 0.15) is 6.42 Å². The Labute approximate surface area is 77.3 Å². The lowest BCUT2D eigenvalue weighted by molar-refractivity contribution is 0.502. The van der Waals surface area contributed by atoms with Crippen molar-refractivity contribution in [2.24, 2.45) is 5.84 Å². The van der Waals surface area contributed by atoms with Gasteiger partial charge in [-0.2, -0.15) is 4.55 Å². The minimum absolute atomic E-state index is 0.0222. The van der Waals surface area contributed by atoms with Crippen molar-refractivity contribution < 1.29 is 8.76 Å². The Morgan fingerprint density at radius 1 is 1.75 bits per heavy atom. The van der Waals surface area contributed by atoms with E-state index in [-0.39, 0.29) is 11.8 Å². The molecule has 0 aromatic rings. The lowest BCUT2D eigenvalue weighted by atomic mass is 10.3. The molecule has 0 radical (unpaired) electrons. The van der Waals surface area contributed by atoms with Gasteiger partial charge in [0, 0.05) is 6.42 Å². The summed E-state index contributed by atoms with van der Waals surface area (Å²) in [6, 6.07) is -0.0222. The zero-order valence-corrected chi connectivity index (χ0v) is 8.08. The topological polar surface area (TPSA) is 87.4 Å². The molecule has 0 aromatic carbocycles. The normalized spacial score (nSPS) is 34.7. The second-order valence-corrected chi connectivity index (χ2v) is 5.44. The first kappa shape index (κ1) is 9.85. The van der Waals surface area contributed by atoms with Crippen molar-refractivity contribution in [2.75, 3.05) is 11.5 Å². The first-order valence-electron chi connectivity index (χ1n) is 3.52. The fourth-order valence-corrected chi connectivity index (χ4v) is 3.01. The molecule has 1 rings (SSSR count). The molecule has 1 aliphatic rings. The van der Waals surface area contributed by atoms with Crippen LogP contribution in [-0.2, 0) is 14.4 Å². The second-order valence-electron chi connectivity index (χ2n) is 2.75. The molecular weight excluding hydrogens is 198 g/mol. The van der Waals surface area contributed by atoms with Gasteiger partial charge in [0.2, 0.25) is 10.2 Å². The summed E-state index contributed by atoms with van der Waals surface area (Å²) < 4.78 is 20.2. The van der Waals surface area contributed by atoms with Crippen LogP contribution in [0.2, 0.25) is 0 Å². The lowest BCUT2D eigenvalue weighted by Crippen LogP contribution is -2.45. The summed E-state index contributed by atoms with van der Waals surface area (Å²) in [5, 5.41) is 3.16. The van der Waals surface area contributed by atoms with Gasteiger partial charge in [-0.25, -0.2) is 5.84 Å². The molecule has 1 aliphatic heterocycles. The number of thiocarbonyl (C=S) groups is 1. The molecular formula is C5H12N3O2S2+. The third kappa shape index (κ3) is 2.67. The highest BCUT2D eigenvalue weighted by Crippen LogP contribution is 2.16. The maximum absolute atomic E-state index is 11.1. The van der Waals surface area contributed by atoms with Crippen LogP contribution in [0.5, 0.6) is 0 Å². The molecule has 0 bridgehead atoms. The van der Waals surface area contributed by atoms with Crippen molar-refractivity contribution >= 4 is 27.5 Å². The van der Waals surface area contributed by atoms with E-state index in [1.807, 2.05) is 0 Å². The zero-order valence-electron chi connectivity index (χ0n) is 6.45. The molecule has 0 amide bonds. The van der Waals surface area contributed by atoms with Crippen LogP contribution >= 0.6 is 12.2 Å². The molecule has 7 heteroatoms. The van der Waals surface area contributed by atoms with E-state index < -0.39 is 10.2 Å². The summed E-state index contributed by atoms with van der Waals surface area (Å²) >= 11 is 4.75. The van der Waals surface area contributed by atoms with E-state index >= 15 is 0 Å². The summed E-state index contributed by atoms with van der Waals surface area (Å²) in [5.74, 6) is 5.63. The minimum atomic E-state index is -2.59. The fourth-order valence-electron chi connectivity index (χ4n) is 1.15. The third-order valence-electron chi connectivity index (χ3n) is 1.71. The fraction of sp³-hybridized carbons (Fsp3) is 0.800. The quantitative estimate of drug-likeness (QED) is 0.194. The predicted octanol–water partition coefficient (Wildman–Crippen LogP) is -0.931. The monoisotopic (exact) mass is 210 g/mol. The predicted molar refractivity (Wildman–Crippen MR) is 51.9 cm³/mol.